The van der Waals surface area contributed by atoms with Crippen molar-refractivity contribution >= 4 is 5.91 Å². The number of hydrogen-bond donors (Lipinski definition) is 2. The summed E-state index contributed by atoms with van der Waals surface area (Å²) in [4.78, 5) is 12.0. The third-order valence-corrected chi connectivity index (χ3v) is 3.92. The van der Waals surface area contributed by atoms with Crippen molar-refractivity contribution in [2.24, 2.45) is 5.92 Å². The van der Waals surface area contributed by atoms with Crippen LogP contribution in [-0.4, -0.2) is 17.1 Å². The minimum Gasteiger partial charge on any atom is -0.507 e. The molecule has 0 aromatic heterocycles. The van der Waals surface area contributed by atoms with E-state index in [0.29, 0.717) is 5.92 Å². The summed E-state index contributed by atoms with van der Waals surface area (Å²) < 4.78 is 12.9. The molecule has 4 heteroatoms. The largest absolute Gasteiger partial charge is 0.507 e. The standard InChI is InChI=1S/C15H20FNO2/c1-10(11-5-3-2-4-6-11)17-15(19)13-8-7-12(16)9-14(13)18/h7-11,18H,2-6H2,1H3,(H,17,19). The van der Waals surface area contributed by atoms with Gasteiger partial charge in [-0.2, -0.15) is 0 Å². The number of halogens is 1. The molecule has 104 valence electrons. The number of carbonyl (C=O) groups is 1. The second-order valence-electron chi connectivity index (χ2n) is 5.32. The molecule has 1 unspecified atom stereocenters. The van der Waals surface area contributed by atoms with Crippen molar-refractivity contribution in [3.63, 3.8) is 0 Å². The van der Waals surface area contributed by atoms with Gasteiger partial charge in [0, 0.05) is 12.1 Å². The normalized spacial score (nSPS) is 18.0. The molecule has 0 bridgehead atoms. The summed E-state index contributed by atoms with van der Waals surface area (Å²) in [5.41, 5.74) is 0.129. The third-order valence-electron chi connectivity index (χ3n) is 3.92. The Bertz CT molecular complexity index is 455. The highest BCUT2D eigenvalue weighted by atomic mass is 19.1. The minimum absolute atomic E-state index is 0.0808. The molecule has 1 atom stereocenters. The van der Waals surface area contributed by atoms with Crippen molar-refractivity contribution in [1.29, 1.82) is 0 Å². The molecule has 0 aliphatic heterocycles. The highest BCUT2D eigenvalue weighted by Gasteiger charge is 2.22. The van der Waals surface area contributed by atoms with E-state index in [2.05, 4.69) is 5.32 Å². The minimum atomic E-state index is -0.547. The molecule has 1 amide bonds. The molecule has 1 aliphatic carbocycles. The predicted molar refractivity (Wildman–Crippen MR) is 71.6 cm³/mol. The molecular weight excluding hydrogens is 245 g/mol. The molecule has 2 N–H and O–H groups in total. The molecule has 0 radical (unpaired) electrons. The van der Waals surface area contributed by atoms with Gasteiger partial charge in [-0.15, -0.1) is 0 Å². The second kappa shape index (κ2) is 6.04. The van der Waals surface area contributed by atoms with Gasteiger partial charge in [0.2, 0.25) is 0 Å². The van der Waals surface area contributed by atoms with Gasteiger partial charge in [0.25, 0.3) is 5.91 Å². The lowest BCUT2D eigenvalue weighted by molar-refractivity contribution is 0.0916. The van der Waals surface area contributed by atoms with Gasteiger partial charge in [-0.1, -0.05) is 19.3 Å². The van der Waals surface area contributed by atoms with Crippen molar-refractivity contribution in [2.75, 3.05) is 0 Å². The average Bonchev–Trinajstić information content (AvgIpc) is 2.39. The first-order valence-corrected chi connectivity index (χ1v) is 6.87. The van der Waals surface area contributed by atoms with Crippen LogP contribution in [0.25, 0.3) is 0 Å². The molecule has 1 aromatic rings. The Morgan fingerprint density at radius 2 is 2.05 bits per heavy atom. The molecule has 1 saturated carbocycles. The van der Waals surface area contributed by atoms with E-state index in [1.54, 1.807) is 0 Å². The lowest BCUT2D eigenvalue weighted by Gasteiger charge is -2.28. The summed E-state index contributed by atoms with van der Waals surface area (Å²) in [6.07, 6.45) is 5.98. The first-order valence-electron chi connectivity index (χ1n) is 6.87. The number of benzene rings is 1. The maximum Gasteiger partial charge on any atom is 0.255 e. The van der Waals surface area contributed by atoms with Crippen molar-refractivity contribution in [3.8, 4) is 5.75 Å². The number of nitrogens with one attached hydrogen (secondary N) is 1. The fourth-order valence-electron chi connectivity index (χ4n) is 2.73. The van der Waals surface area contributed by atoms with Crippen LogP contribution >= 0.6 is 0 Å². The van der Waals surface area contributed by atoms with Crippen LogP contribution in [-0.2, 0) is 0 Å². The first kappa shape index (κ1) is 13.8. The zero-order chi connectivity index (χ0) is 13.8. The van der Waals surface area contributed by atoms with Crippen LogP contribution in [0.5, 0.6) is 5.75 Å². The van der Waals surface area contributed by atoms with E-state index >= 15 is 0 Å². The Balaban J connectivity index is 1.99. The Morgan fingerprint density at radius 3 is 2.68 bits per heavy atom. The predicted octanol–water partition coefficient (Wildman–Crippen LogP) is 3.23. The van der Waals surface area contributed by atoms with Gasteiger partial charge in [-0.3, -0.25) is 4.79 Å². The Kier molecular flexibility index (Phi) is 4.40. The summed E-state index contributed by atoms with van der Waals surface area (Å²) in [5, 5.41) is 12.5. The SMILES string of the molecule is CC(NC(=O)c1ccc(F)cc1O)C1CCCCC1. The van der Waals surface area contributed by atoms with Gasteiger partial charge in [-0.05, 0) is 37.8 Å². The van der Waals surface area contributed by atoms with E-state index in [-0.39, 0.29) is 23.3 Å². The van der Waals surface area contributed by atoms with Crippen LogP contribution in [0.4, 0.5) is 4.39 Å². The maximum atomic E-state index is 12.9. The van der Waals surface area contributed by atoms with Crippen LogP contribution in [0, 0.1) is 11.7 Å². The monoisotopic (exact) mass is 265 g/mol. The quantitative estimate of drug-likeness (QED) is 0.881. The zero-order valence-electron chi connectivity index (χ0n) is 11.2. The first-order chi connectivity index (χ1) is 9.08. The van der Waals surface area contributed by atoms with E-state index in [4.69, 9.17) is 0 Å². The highest BCUT2D eigenvalue weighted by molar-refractivity contribution is 5.96. The lowest BCUT2D eigenvalue weighted by Crippen LogP contribution is -2.38. The Hall–Kier alpha value is -1.58. The fourth-order valence-corrected chi connectivity index (χ4v) is 2.73. The number of phenolic OH excluding ortho intramolecular Hbond substituents is 1. The topological polar surface area (TPSA) is 49.3 Å². The molecule has 1 fully saturated rings. The maximum absolute atomic E-state index is 12.9. The van der Waals surface area contributed by atoms with E-state index in [1.807, 2.05) is 6.92 Å². The summed E-state index contributed by atoms with van der Waals surface area (Å²) in [6, 6.07) is 3.53. The van der Waals surface area contributed by atoms with Crippen LogP contribution in [0.1, 0.15) is 49.4 Å². The molecule has 0 heterocycles. The van der Waals surface area contributed by atoms with E-state index < -0.39 is 5.82 Å². The number of carbonyl (C=O) groups excluding carboxylic acids is 1. The van der Waals surface area contributed by atoms with Gasteiger partial charge in [0.1, 0.15) is 11.6 Å². The van der Waals surface area contributed by atoms with Crippen LogP contribution in [0.2, 0.25) is 0 Å². The Morgan fingerprint density at radius 1 is 1.37 bits per heavy atom. The Labute approximate surface area is 112 Å². The lowest BCUT2D eigenvalue weighted by atomic mass is 9.84. The van der Waals surface area contributed by atoms with Crippen molar-refractivity contribution in [3.05, 3.63) is 29.6 Å². The number of amides is 1. The molecule has 1 aliphatic rings. The van der Waals surface area contributed by atoms with Gasteiger partial charge in [0.05, 0.1) is 5.56 Å². The van der Waals surface area contributed by atoms with Crippen molar-refractivity contribution in [1.82, 2.24) is 5.32 Å². The molecule has 3 nitrogen and oxygen atoms in total. The van der Waals surface area contributed by atoms with E-state index in [1.165, 1.54) is 31.4 Å². The van der Waals surface area contributed by atoms with Crippen LogP contribution in [0.15, 0.2) is 18.2 Å². The molecule has 0 saturated heterocycles. The molecule has 0 spiro atoms. The smallest absolute Gasteiger partial charge is 0.255 e. The number of hydrogen-bond acceptors (Lipinski definition) is 2. The number of aromatic hydroxyl groups is 1. The van der Waals surface area contributed by atoms with Crippen molar-refractivity contribution in [2.45, 2.75) is 45.1 Å². The van der Waals surface area contributed by atoms with Gasteiger partial charge >= 0.3 is 0 Å². The number of rotatable bonds is 3. The summed E-state index contributed by atoms with van der Waals surface area (Å²) in [5.74, 6) is -0.696. The fraction of sp³-hybridized carbons (Fsp3) is 0.533. The average molecular weight is 265 g/mol. The molecule has 1 aromatic carbocycles. The zero-order valence-corrected chi connectivity index (χ0v) is 11.2. The summed E-state index contributed by atoms with van der Waals surface area (Å²) >= 11 is 0. The van der Waals surface area contributed by atoms with Crippen molar-refractivity contribution < 1.29 is 14.3 Å². The second-order valence-corrected chi connectivity index (χ2v) is 5.32. The van der Waals surface area contributed by atoms with Gasteiger partial charge in [0.15, 0.2) is 0 Å². The summed E-state index contributed by atoms with van der Waals surface area (Å²) in [6.45, 7) is 1.99. The number of phenols is 1. The summed E-state index contributed by atoms with van der Waals surface area (Å²) in [7, 11) is 0. The third kappa shape index (κ3) is 3.46. The van der Waals surface area contributed by atoms with Gasteiger partial charge < -0.3 is 10.4 Å². The molecule has 19 heavy (non-hydrogen) atoms. The van der Waals surface area contributed by atoms with Crippen LogP contribution in [0.3, 0.4) is 0 Å². The van der Waals surface area contributed by atoms with Gasteiger partial charge in [-0.25, -0.2) is 4.39 Å². The highest BCUT2D eigenvalue weighted by Crippen LogP contribution is 2.27. The van der Waals surface area contributed by atoms with Crippen LogP contribution < -0.4 is 5.32 Å². The molecular formula is C15H20FNO2. The van der Waals surface area contributed by atoms with E-state index in [0.717, 1.165) is 18.9 Å². The molecule has 2 rings (SSSR count). The van der Waals surface area contributed by atoms with E-state index in [9.17, 15) is 14.3 Å².